The zero-order valence-corrected chi connectivity index (χ0v) is 17.5. The molecule has 1 N–H and O–H groups in total. The molecule has 0 amide bonds. The summed E-state index contributed by atoms with van der Waals surface area (Å²) in [6.45, 7) is 0.384. The number of fused-ring (bicyclic) bond motifs is 1. The maximum absolute atomic E-state index is 5.96. The number of aromatic nitrogens is 2. The van der Waals surface area contributed by atoms with Gasteiger partial charge in [-0.3, -0.25) is 0 Å². The molecule has 2 aromatic carbocycles. The first-order valence-corrected chi connectivity index (χ1v) is 9.54. The monoisotopic (exact) mass is 429 g/mol. The molecule has 0 aliphatic rings. The van der Waals surface area contributed by atoms with Crippen LogP contribution in [0, 0.1) is 0 Å². The van der Waals surface area contributed by atoms with E-state index < -0.39 is 0 Å². The van der Waals surface area contributed by atoms with Crippen LogP contribution in [-0.2, 0) is 6.61 Å². The highest BCUT2D eigenvalue weighted by Gasteiger charge is 2.10. The van der Waals surface area contributed by atoms with Gasteiger partial charge in [-0.25, -0.2) is 9.97 Å². The number of hydrogen-bond donors (Lipinski definition) is 1. The molecule has 0 aliphatic carbocycles. The van der Waals surface area contributed by atoms with Crippen LogP contribution in [-0.4, -0.2) is 24.2 Å². The van der Waals surface area contributed by atoms with Gasteiger partial charge in [0.2, 0.25) is 0 Å². The van der Waals surface area contributed by atoms with Crippen molar-refractivity contribution in [1.82, 2.24) is 9.97 Å². The maximum Gasteiger partial charge on any atom is 0.162 e. The fourth-order valence-corrected chi connectivity index (χ4v) is 3.65. The smallest absolute Gasteiger partial charge is 0.162 e. The van der Waals surface area contributed by atoms with Crippen LogP contribution < -0.4 is 19.5 Å². The molecule has 0 saturated carbocycles. The van der Waals surface area contributed by atoms with Crippen LogP contribution in [0.15, 0.2) is 60.2 Å². The molecule has 0 saturated heterocycles. The Morgan fingerprint density at radius 1 is 0.931 bits per heavy atom. The topological polar surface area (TPSA) is 65.5 Å². The van der Waals surface area contributed by atoms with E-state index >= 15 is 0 Å². The van der Waals surface area contributed by atoms with Gasteiger partial charge in [0.25, 0.3) is 0 Å². The zero-order valence-electron chi connectivity index (χ0n) is 15.9. The molecule has 0 radical (unpaired) electrons. The molecule has 0 unspecified atom stereocenters. The third kappa shape index (κ3) is 4.52. The van der Waals surface area contributed by atoms with E-state index in [2.05, 4.69) is 15.3 Å². The number of halogens is 1. The largest absolute Gasteiger partial charge is 0.496 e. The first-order valence-electron chi connectivity index (χ1n) is 8.66. The highest BCUT2D eigenvalue weighted by atomic mass is 35.5. The van der Waals surface area contributed by atoms with Crippen LogP contribution in [0.5, 0.6) is 17.2 Å². The van der Waals surface area contributed by atoms with Gasteiger partial charge in [-0.1, -0.05) is 18.2 Å². The zero-order chi connectivity index (χ0) is 19.3. The number of anilines is 2. The molecule has 0 fully saturated rings. The number of nitrogens with zero attached hydrogens (tertiary/aromatic N) is 2. The van der Waals surface area contributed by atoms with Crippen molar-refractivity contribution in [3.05, 3.63) is 65.8 Å². The molecule has 0 atom stereocenters. The van der Waals surface area contributed by atoms with Crippen molar-refractivity contribution in [2.75, 3.05) is 19.5 Å². The summed E-state index contributed by atoms with van der Waals surface area (Å²) in [6, 6.07) is 15.4. The number of para-hydroxylation sites is 1. The fraction of sp³-hybridized carbons (Fsp3) is 0.143. The maximum atomic E-state index is 5.96. The molecule has 4 rings (SSSR count). The predicted octanol–water partition coefficient (Wildman–Crippen LogP) is 5.45. The van der Waals surface area contributed by atoms with Crippen molar-refractivity contribution in [3.8, 4) is 17.2 Å². The van der Waals surface area contributed by atoms with Gasteiger partial charge >= 0.3 is 0 Å². The van der Waals surface area contributed by atoms with Gasteiger partial charge in [0.15, 0.2) is 17.3 Å². The average molecular weight is 430 g/mol. The van der Waals surface area contributed by atoms with Crippen molar-refractivity contribution in [2.24, 2.45) is 0 Å². The summed E-state index contributed by atoms with van der Waals surface area (Å²) < 4.78 is 17.9. The lowest BCUT2D eigenvalue weighted by molar-refractivity contribution is 0.278. The van der Waals surface area contributed by atoms with Crippen LogP contribution in [0.25, 0.3) is 10.2 Å². The van der Waals surface area contributed by atoms with Crippen LogP contribution in [0.3, 0.4) is 0 Å². The minimum atomic E-state index is 0. The second-order valence-corrected chi connectivity index (χ2v) is 6.86. The van der Waals surface area contributed by atoms with E-state index in [-0.39, 0.29) is 12.4 Å². The second kappa shape index (κ2) is 9.45. The number of thiophene rings is 1. The molecular weight excluding hydrogens is 410 g/mol. The molecule has 29 heavy (non-hydrogen) atoms. The summed E-state index contributed by atoms with van der Waals surface area (Å²) in [5.74, 6) is 2.85. The highest BCUT2D eigenvalue weighted by Crippen LogP contribution is 2.34. The van der Waals surface area contributed by atoms with Crippen LogP contribution in [0.4, 0.5) is 11.5 Å². The number of hydrogen-bond acceptors (Lipinski definition) is 7. The number of methoxy groups -OCH3 is 2. The predicted molar refractivity (Wildman–Crippen MR) is 118 cm³/mol. The first-order chi connectivity index (χ1) is 13.8. The number of rotatable bonds is 7. The third-order valence-electron chi connectivity index (χ3n) is 4.25. The van der Waals surface area contributed by atoms with E-state index in [0.717, 1.165) is 33.0 Å². The normalized spacial score (nSPS) is 10.3. The van der Waals surface area contributed by atoms with Crippen molar-refractivity contribution in [3.63, 3.8) is 0 Å². The molecule has 2 heterocycles. The van der Waals surface area contributed by atoms with Crippen molar-refractivity contribution < 1.29 is 14.2 Å². The Bertz CT molecular complexity index is 1100. The summed E-state index contributed by atoms with van der Waals surface area (Å²) in [4.78, 5) is 8.61. The molecule has 8 heteroatoms. The summed E-state index contributed by atoms with van der Waals surface area (Å²) in [5, 5.41) is 5.33. The molecule has 6 nitrogen and oxygen atoms in total. The first kappa shape index (κ1) is 20.7. The Balaban J connectivity index is 0.00000240. The Hall–Kier alpha value is -3.03. The average Bonchev–Trinajstić information content (AvgIpc) is 3.23. The van der Waals surface area contributed by atoms with Crippen molar-refractivity contribution >= 4 is 45.5 Å². The molecule has 0 aliphatic heterocycles. The van der Waals surface area contributed by atoms with Gasteiger partial charge in [0, 0.05) is 17.3 Å². The van der Waals surface area contributed by atoms with Crippen molar-refractivity contribution in [1.29, 1.82) is 0 Å². The third-order valence-corrected chi connectivity index (χ3v) is 5.16. The van der Waals surface area contributed by atoms with Crippen LogP contribution in [0.1, 0.15) is 5.56 Å². The van der Waals surface area contributed by atoms with Crippen LogP contribution >= 0.6 is 23.7 Å². The van der Waals surface area contributed by atoms with Crippen LogP contribution in [0.2, 0.25) is 0 Å². The quantitative estimate of drug-likeness (QED) is 0.421. The van der Waals surface area contributed by atoms with Gasteiger partial charge in [-0.2, -0.15) is 0 Å². The minimum Gasteiger partial charge on any atom is -0.496 e. The Labute approximate surface area is 178 Å². The van der Waals surface area contributed by atoms with E-state index in [9.17, 15) is 0 Å². The van der Waals surface area contributed by atoms with E-state index in [1.165, 1.54) is 0 Å². The van der Waals surface area contributed by atoms with E-state index in [1.807, 2.05) is 53.9 Å². The standard InChI is InChI=1S/C21H19N3O3S.ClH/c1-25-17-6-4-3-5-14(17)12-27-18-8-7-15(11-19(18)26-2)24-21-20-16(9-10-28-20)22-13-23-21;/h3-11,13H,12H2,1-2H3,(H,22,23,24);1H. The highest BCUT2D eigenvalue weighted by molar-refractivity contribution is 7.17. The minimum absolute atomic E-state index is 0. The lowest BCUT2D eigenvalue weighted by Gasteiger charge is -2.14. The van der Waals surface area contributed by atoms with E-state index in [0.29, 0.717) is 18.1 Å². The summed E-state index contributed by atoms with van der Waals surface area (Å²) in [5.41, 5.74) is 2.75. The number of ether oxygens (including phenoxy) is 3. The van der Waals surface area contributed by atoms with Gasteiger partial charge in [-0.05, 0) is 29.6 Å². The molecule has 0 bridgehead atoms. The lowest BCUT2D eigenvalue weighted by Crippen LogP contribution is -2.01. The SMILES string of the molecule is COc1ccccc1COc1ccc(Nc2ncnc3ccsc23)cc1OC.Cl. The molecule has 0 spiro atoms. The fourth-order valence-electron chi connectivity index (χ4n) is 2.86. The van der Waals surface area contributed by atoms with Crippen molar-refractivity contribution in [2.45, 2.75) is 6.61 Å². The summed E-state index contributed by atoms with van der Waals surface area (Å²) in [7, 11) is 3.27. The van der Waals surface area contributed by atoms with E-state index in [1.54, 1.807) is 31.9 Å². The van der Waals surface area contributed by atoms with Gasteiger partial charge in [0.1, 0.15) is 18.7 Å². The summed E-state index contributed by atoms with van der Waals surface area (Å²) in [6.07, 6.45) is 1.55. The lowest BCUT2D eigenvalue weighted by atomic mass is 10.2. The Morgan fingerprint density at radius 2 is 1.76 bits per heavy atom. The molecular formula is C21H20ClN3O3S. The molecule has 2 aromatic heterocycles. The molecule has 150 valence electrons. The van der Waals surface area contributed by atoms with Gasteiger partial charge in [-0.15, -0.1) is 23.7 Å². The molecule has 4 aromatic rings. The summed E-state index contributed by atoms with van der Waals surface area (Å²) >= 11 is 1.60. The Morgan fingerprint density at radius 3 is 2.59 bits per heavy atom. The number of benzene rings is 2. The Kier molecular flexibility index (Phi) is 6.74. The second-order valence-electron chi connectivity index (χ2n) is 5.95. The van der Waals surface area contributed by atoms with Gasteiger partial charge < -0.3 is 19.5 Å². The van der Waals surface area contributed by atoms with Gasteiger partial charge in [0.05, 0.1) is 24.4 Å². The number of nitrogens with one attached hydrogen (secondary N) is 1. The van der Waals surface area contributed by atoms with E-state index in [4.69, 9.17) is 14.2 Å².